The molecule has 0 bridgehead atoms. The van der Waals surface area contributed by atoms with Crippen LogP contribution in [0.15, 0.2) is 11.8 Å². The van der Waals surface area contributed by atoms with Crippen LogP contribution in [0.2, 0.25) is 0 Å². The van der Waals surface area contributed by atoms with Crippen molar-refractivity contribution in [2.24, 2.45) is 0 Å². The highest BCUT2D eigenvalue weighted by Gasteiger charge is 2.15. The van der Waals surface area contributed by atoms with Crippen LogP contribution in [-0.4, -0.2) is 22.6 Å². The quantitative estimate of drug-likeness (QED) is 0.506. The van der Waals surface area contributed by atoms with Crippen molar-refractivity contribution in [1.82, 2.24) is 0 Å². The molecule has 0 saturated carbocycles. The van der Waals surface area contributed by atoms with Crippen LogP contribution in [0.3, 0.4) is 0 Å². The first-order valence-corrected chi connectivity index (χ1v) is 6.70. The maximum Gasteiger partial charge on any atom is 0.0965 e. The molecule has 0 heterocycles. The van der Waals surface area contributed by atoms with Gasteiger partial charge >= 0.3 is 0 Å². The molecule has 0 aromatic carbocycles. The number of thiol groups is 1. The van der Waals surface area contributed by atoms with Crippen molar-refractivity contribution >= 4 is 12.6 Å². The van der Waals surface area contributed by atoms with Crippen LogP contribution < -0.4 is 0 Å². The fourth-order valence-corrected chi connectivity index (χ4v) is 1.76. The lowest BCUT2D eigenvalue weighted by atomic mass is 10.1. The summed E-state index contributed by atoms with van der Waals surface area (Å²) in [4.78, 5) is 0. The molecule has 0 aliphatic rings. The Hall–Kier alpha value is -0.150. The SMILES string of the molecule is C/C=C(/CCCC)O[C@@H](C)C[C@@H](S)[C@@H](C)O. The third-order valence-corrected chi connectivity index (χ3v) is 3.22. The lowest BCUT2D eigenvalue weighted by Crippen LogP contribution is -2.23. The van der Waals surface area contributed by atoms with E-state index in [9.17, 15) is 5.11 Å². The summed E-state index contributed by atoms with van der Waals surface area (Å²) in [5.41, 5.74) is 0. The molecule has 0 saturated heterocycles. The molecule has 3 heteroatoms. The van der Waals surface area contributed by atoms with Gasteiger partial charge in [-0.05, 0) is 39.7 Å². The fraction of sp³-hybridized carbons (Fsp3) is 0.846. The Labute approximate surface area is 105 Å². The summed E-state index contributed by atoms with van der Waals surface area (Å²) in [6.45, 7) is 7.97. The van der Waals surface area contributed by atoms with E-state index in [0.29, 0.717) is 0 Å². The summed E-state index contributed by atoms with van der Waals surface area (Å²) in [7, 11) is 0. The summed E-state index contributed by atoms with van der Waals surface area (Å²) < 4.78 is 5.82. The van der Waals surface area contributed by atoms with Gasteiger partial charge in [0.15, 0.2) is 0 Å². The highest BCUT2D eigenvalue weighted by Crippen LogP contribution is 2.17. The number of unbranched alkanes of at least 4 members (excludes halogenated alkanes) is 1. The maximum atomic E-state index is 9.36. The second kappa shape index (κ2) is 8.94. The van der Waals surface area contributed by atoms with Crippen molar-refractivity contribution in [3.05, 3.63) is 11.8 Å². The first-order chi connectivity index (χ1) is 7.51. The van der Waals surface area contributed by atoms with Crippen molar-refractivity contribution in [2.75, 3.05) is 0 Å². The van der Waals surface area contributed by atoms with E-state index in [4.69, 9.17) is 4.74 Å². The van der Waals surface area contributed by atoms with E-state index in [1.165, 1.54) is 6.42 Å². The van der Waals surface area contributed by atoms with Crippen molar-refractivity contribution in [2.45, 2.75) is 70.8 Å². The zero-order valence-corrected chi connectivity index (χ0v) is 11.8. The van der Waals surface area contributed by atoms with Gasteiger partial charge in [-0.15, -0.1) is 0 Å². The average molecular weight is 246 g/mol. The summed E-state index contributed by atoms with van der Waals surface area (Å²) >= 11 is 4.34. The topological polar surface area (TPSA) is 29.5 Å². The molecule has 0 radical (unpaired) electrons. The van der Waals surface area contributed by atoms with Gasteiger partial charge in [0.05, 0.1) is 18.0 Å². The minimum Gasteiger partial charge on any atom is -0.495 e. The Bertz CT molecular complexity index is 202. The Morgan fingerprint density at radius 2 is 2.06 bits per heavy atom. The first-order valence-electron chi connectivity index (χ1n) is 6.19. The molecule has 0 unspecified atom stereocenters. The molecule has 1 N–H and O–H groups in total. The Balaban J connectivity index is 3.96. The Morgan fingerprint density at radius 3 is 2.50 bits per heavy atom. The highest BCUT2D eigenvalue weighted by molar-refractivity contribution is 7.81. The molecule has 0 aromatic rings. The molecule has 0 rings (SSSR count). The maximum absolute atomic E-state index is 9.36. The van der Waals surface area contributed by atoms with E-state index in [2.05, 4.69) is 19.6 Å². The Kier molecular flexibility index (Phi) is 8.86. The van der Waals surface area contributed by atoms with Crippen LogP contribution in [0.5, 0.6) is 0 Å². The van der Waals surface area contributed by atoms with Gasteiger partial charge in [0.2, 0.25) is 0 Å². The van der Waals surface area contributed by atoms with E-state index in [-0.39, 0.29) is 17.5 Å². The zero-order valence-electron chi connectivity index (χ0n) is 10.9. The van der Waals surface area contributed by atoms with Crippen LogP contribution >= 0.6 is 12.6 Å². The molecule has 3 atom stereocenters. The lowest BCUT2D eigenvalue weighted by molar-refractivity contribution is 0.0974. The van der Waals surface area contributed by atoms with Gasteiger partial charge in [-0.1, -0.05) is 13.3 Å². The molecular formula is C13H26O2S. The van der Waals surface area contributed by atoms with Crippen LogP contribution in [0.25, 0.3) is 0 Å². The molecule has 0 spiro atoms. The van der Waals surface area contributed by atoms with Gasteiger partial charge in [-0.2, -0.15) is 12.6 Å². The first kappa shape index (κ1) is 15.9. The molecular weight excluding hydrogens is 220 g/mol. The number of hydrogen-bond donors (Lipinski definition) is 2. The smallest absolute Gasteiger partial charge is 0.0965 e. The number of aliphatic hydroxyl groups is 1. The third-order valence-electron chi connectivity index (χ3n) is 2.58. The third kappa shape index (κ3) is 7.18. The van der Waals surface area contributed by atoms with E-state index in [1.807, 2.05) is 19.9 Å². The van der Waals surface area contributed by atoms with Gasteiger partial charge in [-0.3, -0.25) is 0 Å². The van der Waals surface area contributed by atoms with Gasteiger partial charge in [-0.25, -0.2) is 0 Å². The second-order valence-electron chi connectivity index (χ2n) is 4.33. The van der Waals surface area contributed by atoms with E-state index < -0.39 is 0 Å². The van der Waals surface area contributed by atoms with E-state index in [0.717, 1.165) is 25.0 Å². The Morgan fingerprint density at radius 1 is 1.44 bits per heavy atom. The highest BCUT2D eigenvalue weighted by atomic mass is 32.1. The lowest BCUT2D eigenvalue weighted by Gasteiger charge is -2.21. The average Bonchev–Trinajstić information content (AvgIpc) is 2.23. The second-order valence-corrected chi connectivity index (χ2v) is 4.99. The monoisotopic (exact) mass is 246 g/mol. The minimum atomic E-state index is -0.390. The molecule has 0 aromatic heterocycles. The van der Waals surface area contributed by atoms with Crippen molar-refractivity contribution in [3.8, 4) is 0 Å². The summed E-state index contributed by atoms with van der Waals surface area (Å²) in [5, 5.41) is 9.34. The largest absolute Gasteiger partial charge is 0.495 e. The van der Waals surface area contributed by atoms with Crippen molar-refractivity contribution < 1.29 is 9.84 Å². The van der Waals surface area contributed by atoms with Gasteiger partial charge < -0.3 is 9.84 Å². The standard InChI is InChI=1S/C13H26O2S/c1-5-7-8-12(6-2)15-10(3)9-13(16)11(4)14/h6,10-11,13-14,16H,5,7-9H2,1-4H3/b12-6-/t10-,11+,13+/m0/s1. The van der Waals surface area contributed by atoms with Crippen LogP contribution in [0.1, 0.15) is 53.4 Å². The molecule has 16 heavy (non-hydrogen) atoms. The number of ether oxygens (including phenoxy) is 1. The molecule has 0 fully saturated rings. The van der Waals surface area contributed by atoms with Crippen molar-refractivity contribution in [1.29, 1.82) is 0 Å². The van der Waals surface area contributed by atoms with Crippen LogP contribution in [0, 0.1) is 0 Å². The predicted molar refractivity (Wildman–Crippen MR) is 72.9 cm³/mol. The minimum absolute atomic E-state index is 0.0146. The molecule has 0 aliphatic heterocycles. The number of aliphatic hydroxyl groups excluding tert-OH is 1. The molecule has 96 valence electrons. The number of hydrogen-bond acceptors (Lipinski definition) is 3. The summed E-state index contributed by atoms with van der Waals surface area (Å²) in [6.07, 6.45) is 5.86. The molecule has 2 nitrogen and oxygen atoms in total. The van der Waals surface area contributed by atoms with Crippen LogP contribution in [0.4, 0.5) is 0 Å². The van der Waals surface area contributed by atoms with E-state index in [1.54, 1.807) is 6.92 Å². The van der Waals surface area contributed by atoms with Gasteiger partial charge in [0.1, 0.15) is 0 Å². The van der Waals surface area contributed by atoms with Crippen molar-refractivity contribution in [3.63, 3.8) is 0 Å². The summed E-state index contributed by atoms with van der Waals surface area (Å²) in [5.74, 6) is 1.06. The van der Waals surface area contributed by atoms with Crippen LogP contribution in [-0.2, 0) is 4.74 Å². The van der Waals surface area contributed by atoms with Gasteiger partial charge in [0.25, 0.3) is 0 Å². The fourth-order valence-electron chi connectivity index (χ4n) is 1.47. The zero-order chi connectivity index (χ0) is 12.6. The number of rotatable bonds is 8. The number of allylic oxidation sites excluding steroid dienone is 2. The predicted octanol–water partition coefficient (Wildman–Crippen LogP) is 3.55. The normalized spacial score (nSPS) is 18.0. The molecule has 0 amide bonds. The molecule has 0 aliphatic carbocycles. The van der Waals surface area contributed by atoms with E-state index >= 15 is 0 Å². The van der Waals surface area contributed by atoms with Gasteiger partial charge in [0, 0.05) is 11.7 Å². The summed E-state index contributed by atoms with van der Waals surface area (Å²) in [6, 6.07) is 0.